The molecular formula is C12H11ClN4. The third kappa shape index (κ3) is 2.58. The molecule has 0 saturated carbocycles. The van der Waals surface area contributed by atoms with Gasteiger partial charge in [0.2, 0.25) is 0 Å². The number of nitrogens with one attached hydrogen (secondary N) is 1. The first-order valence-corrected chi connectivity index (χ1v) is 5.47. The van der Waals surface area contributed by atoms with Gasteiger partial charge in [0.1, 0.15) is 0 Å². The van der Waals surface area contributed by atoms with Crippen molar-refractivity contribution in [3.05, 3.63) is 47.0 Å². The average molecular weight is 247 g/mol. The number of nitriles is 1. The van der Waals surface area contributed by atoms with Gasteiger partial charge in [-0.2, -0.15) is 5.26 Å². The standard InChI is InChI=1S/C12H11ClN4/c1-17-8-15-6-10(17)7-16-12-4-9(5-14)2-3-11(12)13/h2-4,6,8,16H,7H2,1H3. The van der Waals surface area contributed by atoms with Crippen molar-refractivity contribution in [2.75, 3.05) is 5.32 Å². The molecule has 0 aliphatic carbocycles. The predicted molar refractivity (Wildman–Crippen MR) is 66.7 cm³/mol. The topological polar surface area (TPSA) is 53.6 Å². The minimum absolute atomic E-state index is 0.585. The van der Waals surface area contributed by atoms with Crippen LogP contribution in [-0.4, -0.2) is 9.55 Å². The molecule has 5 heteroatoms. The summed E-state index contributed by atoms with van der Waals surface area (Å²) in [4.78, 5) is 4.03. The number of imidazole rings is 1. The van der Waals surface area contributed by atoms with Crippen LogP contribution in [0.5, 0.6) is 0 Å². The van der Waals surface area contributed by atoms with Gasteiger partial charge in [0.15, 0.2) is 0 Å². The lowest BCUT2D eigenvalue weighted by molar-refractivity contribution is 0.837. The molecule has 0 spiro atoms. The first kappa shape index (κ1) is 11.5. The van der Waals surface area contributed by atoms with E-state index in [9.17, 15) is 0 Å². The molecule has 1 heterocycles. The fourth-order valence-electron chi connectivity index (χ4n) is 1.47. The van der Waals surface area contributed by atoms with Crippen LogP contribution in [0, 0.1) is 11.3 Å². The van der Waals surface area contributed by atoms with Crippen LogP contribution in [0.25, 0.3) is 0 Å². The number of nitrogens with zero attached hydrogens (tertiary/aromatic N) is 3. The second-order valence-corrected chi connectivity index (χ2v) is 4.06. The van der Waals surface area contributed by atoms with Crippen molar-refractivity contribution < 1.29 is 0 Å². The quantitative estimate of drug-likeness (QED) is 0.906. The maximum absolute atomic E-state index is 8.81. The molecule has 0 radical (unpaired) electrons. The SMILES string of the molecule is Cn1cncc1CNc1cc(C#N)ccc1Cl. The fraction of sp³-hybridized carbons (Fsp3) is 0.167. The molecule has 0 unspecified atom stereocenters. The zero-order valence-corrected chi connectivity index (χ0v) is 10.1. The Morgan fingerprint density at radius 2 is 2.35 bits per heavy atom. The number of aryl methyl sites for hydroxylation is 1. The molecule has 86 valence electrons. The van der Waals surface area contributed by atoms with Gasteiger partial charge in [-0.05, 0) is 18.2 Å². The summed E-state index contributed by atoms with van der Waals surface area (Å²) >= 11 is 6.04. The third-order valence-electron chi connectivity index (χ3n) is 2.47. The maximum atomic E-state index is 8.81. The first-order chi connectivity index (χ1) is 8.20. The van der Waals surface area contributed by atoms with E-state index in [1.54, 1.807) is 30.7 Å². The van der Waals surface area contributed by atoms with Crippen molar-refractivity contribution in [1.29, 1.82) is 5.26 Å². The van der Waals surface area contributed by atoms with Crippen LogP contribution < -0.4 is 5.32 Å². The van der Waals surface area contributed by atoms with Crippen LogP contribution in [0.15, 0.2) is 30.7 Å². The van der Waals surface area contributed by atoms with Gasteiger partial charge < -0.3 is 9.88 Å². The molecule has 0 saturated heterocycles. The zero-order chi connectivity index (χ0) is 12.3. The molecule has 17 heavy (non-hydrogen) atoms. The number of rotatable bonds is 3. The van der Waals surface area contributed by atoms with Gasteiger partial charge in [-0.15, -0.1) is 0 Å². The molecule has 4 nitrogen and oxygen atoms in total. The number of hydrogen-bond donors (Lipinski definition) is 1. The molecule has 1 N–H and O–H groups in total. The van der Waals surface area contributed by atoms with Gasteiger partial charge >= 0.3 is 0 Å². The summed E-state index contributed by atoms with van der Waals surface area (Å²) in [5.41, 5.74) is 2.39. The molecule has 1 aromatic carbocycles. The Morgan fingerprint density at radius 1 is 1.53 bits per heavy atom. The van der Waals surface area contributed by atoms with E-state index < -0.39 is 0 Å². The fourth-order valence-corrected chi connectivity index (χ4v) is 1.66. The molecule has 2 aromatic rings. The summed E-state index contributed by atoms with van der Waals surface area (Å²) in [6.07, 6.45) is 3.53. The predicted octanol–water partition coefficient (Wildman–Crippen LogP) is 2.56. The molecule has 0 bridgehead atoms. The van der Waals surface area contributed by atoms with Crippen molar-refractivity contribution in [3.8, 4) is 6.07 Å². The highest BCUT2D eigenvalue weighted by atomic mass is 35.5. The molecule has 0 aliphatic heterocycles. The smallest absolute Gasteiger partial charge is 0.0992 e. The van der Waals surface area contributed by atoms with Crippen molar-refractivity contribution in [3.63, 3.8) is 0 Å². The monoisotopic (exact) mass is 246 g/mol. The number of anilines is 1. The molecule has 2 rings (SSSR count). The summed E-state index contributed by atoms with van der Waals surface area (Å²) < 4.78 is 1.93. The molecule has 1 aromatic heterocycles. The summed E-state index contributed by atoms with van der Waals surface area (Å²) in [7, 11) is 1.93. The highest BCUT2D eigenvalue weighted by molar-refractivity contribution is 6.33. The summed E-state index contributed by atoms with van der Waals surface area (Å²) in [5.74, 6) is 0. The van der Waals surface area contributed by atoms with E-state index in [4.69, 9.17) is 16.9 Å². The lowest BCUT2D eigenvalue weighted by atomic mass is 10.2. The highest BCUT2D eigenvalue weighted by Crippen LogP contribution is 2.23. The van der Waals surface area contributed by atoms with Crippen LogP contribution in [0.1, 0.15) is 11.3 Å². The Balaban J connectivity index is 2.14. The molecule has 0 fully saturated rings. The molecule has 0 aliphatic rings. The third-order valence-corrected chi connectivity index (χ3v) is 2.80. The van der Waals surface area contributed by atoms with Crippen LogP contribution in [0.2, 0.25) is 5.02 Å². The first-order valence-electron chi connectivity index (χ1n) is 5.09. The second-order valence-electron chi connectivity index (χ2n) is 3.66. The van der Waals surface area contributed by atoms with Gasteiger partial charge in [-0.25, -0.2) is 4.98 Å². The second kappa shape index (κ2) is 4.89. The maximum Gasteiger partial charge on any atom is 0.0992 e. The Hall–Kier alpha value is -1.99. The van der Waals surface area contributed by atoms with Crippen LogP contribution in [0.4, 0.5) is 5.69 Å². The Labute approximate surface area is 104 Å². The van der Waals surface area contributed by atoms with Gasteiger partial charge in [0, 0.05) is 13.2 Å². The Bertz CT molecular complexity index is 568. The number of halogens is 1. The number of aromatic nitrogens is 2. The van der Waals surface area contributed by atoms with Crippen LogP contribution in [-0.2, 0) is 13.6 Å². The van der Waals surface area contributed by atoms with Gasteiger partial charge in [-0.1, -0.05) is 11.6 Å². The largest absolute Gasteiger partial charge is 0.378 e. The normalized spacial score (nSPS) is 9.94. The molecule has 0 atom stereocenters. The molecule has 0 amide bonds. The van der Waals surface area contributed by atoms with E-state index >= 15 is 0 Å². The van der Waals surface area contributed by atoms with E-state index in [0.717, 1.165) is 11.4 Å². The zero-order valence-electron chi connectivity index (χ0n) is 9.31. The lowest BCUT2D eigenvalue weighted by Gasteiger charge is -2.08. The summed E-state index contributed by atoms with van der Waals surface area (Å²) in [5, 5.41) is 12.6. The van der Waals surface area contributed by atoms with E-state index in [2.05, 4.69) is 16.4 Å². The summed E-state index contributed by atoms with van der Waals surface area (Å²) in [6.45, 7) is 0.616. The minimum Gasteiger partial charge on any atom is -0.378 e. The summed E-state index contributed by atoms with van der Waals surface area (Å²) in [6, 6.07) is 7.22. The number of hydrogen-bond acceptors (Lipinski definition) is 3. The number of benzene rings is 1. The van der Waals surface area contributed by atoms with Crippen LogP contribution >= 0.6 is 11.6 Å². The van der Waals surface area contributed by atoms with Crippen molar-refractivity contribution in [2.45, 2.75) is 6.54 Å². The van der Waals surface area contributed by atoms with Crippen LogP contribution in [0.3, 0.4) is 0 Å². The van der Waals surface area contributed by atoms with E-state index in [1.807, 2.05) is 11.6 Å². The molecular weight excluding hydrogens is 236 g/mol. The average Bonchev–Trinajstić information content (AvgIpc) is 2.74. The van der Waals surface area contributed by atoms with E-state index in [1.165, 1.54) is 0 Å². The highest BCUT2D eigenvalue weighted by Gasteiger charge is 2.03. The van der Waals surface area contributed by atoms with Gasteiger partial charge in [-0.3, -0.25) is 0 Å². The van der Waals surface area contributed by atoms with Gasteiger partial charge in [0.05, 0.1) is 40.9 Å². The lowest BCUT2D eigenvalue weighted by Crippen LogP contribution is -2.04. The van der Waals surface area contributed by atoms with Crippen molar-refractivity contribution in [2.24, 2.45) is 7.05 Å². The van der Waals surface area contributed by atoms with Crippen molar-refractivity contribution in [1.82, 2.24) is 9.55 Å². The van der Waals surface area contributed by atoms with Crippen molar-refractivity contribution >= 4 is 17.3 Å². The van der Waals surface area contributed by atoms with E-state index in [-0.39, 0.29) is 0 Å². The van der Waals surface area contributed by atoms with E-state index in [0.29, 0.717) is 17.1 Å². The Kier molecular flexibility index (Phi) is 3.31. The Morgan fingerprint density at radius 3 is 3.00 bits per heavy atom. The van der Waals surface area contributed by atoms with Gasteiger partial charge in [0.25, 0.3) is 0 Å². The minimum atomic E-state index is 0.585.